The Morgan fingerprint density at radius 2 is 1.86 bits per heavy atom. The summed E-state index contributed by atoms with van der Waals surface area (Å²) in [7, 11) is 1.61. The number of fused-ring (bicyclic) bond motifs is 1. The van der Waals surface area contributed by atoms with E-state index >= 15 is 0 Å². The van der Waals surface area contributed by atoms with Crippen LogP contribution in [-0.2, 0) is 11.2 Å². The van der Waals surface area contributed by atoms with E-state index in [0.717, 1.165) is 33.3 Å². The highest BCUT2D eigenvalue weighted by Gasteiger charge is 2.11. The van der Waals surface area contributed by atoms with Crippen LogP contribution in [0.4, 0.5) is 5.82 Å². The molecule has 0 radical (unpaired) electrons. The number of carbonyl (C=O) groups excluding carboxylic acids is 1. The molecule has 0 saturated carbocycles. The molecule has 4 rings (SSSR count). The first-order valence-corrected chi connectivity index (χ1v) is 9.10. The van der Waals surface area contributed by atoms with Crippen LogP contribution in [0.3, 0.4) is 0 Å². The summed E-state index contributed by atoms with van der Waals surface area (Å²) in [5, 5.41) is 11.1. The molecule has 0 saturated heterocycles. The van der Waals surface area contributed by atoms with Crippen LogP contribution in [0.1, 0.15) is 11.1 Å². The number of carbonyl (C=O) groups is 1. The van der Waals surface area contributed by atoms with Gasteiger partial charge < -0.3 is 10.1 Å². The Hall–Kier alpha value is -3.60. The maximum absolute atomic E-state index is 12.4. The lowest BCUT2D eigenvalue weighted by Gasteiger charge is -2.06. The SMILES string of the molecule is COc1cccc(CC(=O)Nc2n[nH]c3cc(-c4cccc(C)c4)ccc23)c1. The first-order valence-electron chi connectivity index (χ1n) is 9.10. The molecule has 28 heavy (non-hydrogen) atoms. The first-order chi connectivity index (χ1) is 13.6. The molecule has 0 aliphatic rings. The zero-order valence-corrected chi connectivity index (χ0v) is 15.8. The van der Waals surface area contributed by atoms with Crippen LogP contribution in [0.5, 0.6) is 5.75 Å². The van der Waals surface area contributed by atoms with Crippen LogP contribution < -0.4 is 10.1 Å². The van der Waals surface area contributed by atoms with E-state index in [1.807, 2.05) is 42.5 Å². The van der Waals surface area contributed by atoms with Gasteiger partial charge >= 0.3 is 0 Å². The summed E-state index contributed by atoms with van der Waals surface area (Å²) in [6.45, 7) is 2.08. The van der Waals surface area contributed by atoms with Gasteiger partial charge in [0, 0.05) is 5.39 Å². The number of rotatable bonds is 5. The van der Waals surface area contributed by atoms with Crippen molar-refractivity contribution in [1.82, 2.24) is 10.2 Å². The number of nitrogens with one attached hydrogen (secondary N) is 2. The lowest BCUT2D eigenvalue weighted by Crippen LogP contribution is -2.14. The lowest BCUT2D eigenvalue weighted by molar-refractivity contribution is -0.115. The van der Waals surface area contributed by atoms with E-state index in [4.69, 9.17) is 4.74 Å². The molecule has 0 bridgehead atoms. The molecule has 2 N–H and O–H groups in total. The highest BCUT2D eigenvalue weighted by atomic mass is 16.5. The van der Waals surface area contributed by atoms with Crippen LogP contribution in [0.15, 0.2) is 66.7 Å². The number of nitrogens with zero attached hydrogens (tertiary/aromatic N) is 1. The Morgan fingerprint density at radius 1 is 1.04 bits per heavy atom. The fourth-order valence-corrected chi connectivity index (χ4v) is 3.26. The molecule has 1 heterocycles. The molecular weight excluding hydrogens is 350 g/mol. The summed E-state index contributed by atoms with van der Waals surface area (Å²) in [6.07, 6.45) is 0.257. The third-order valence-corrected chi connectivity index (χ3v) is 4.67. The number of aromatic amines is 1. The lowest BCUT2D eigenvalue weighted by atomic mass is 10.0. The summed E-state index contributed by atoms with van der Waals surface area (Å²) in [4.78, 5) is 12.4. The van der Waals surface area contributed by atoms with Crippen molar-refractivity contribution in [2.75, 3.05) is 12.4 Å². The molecule has 0 spiro atoms. The van der Waals surface area contributed by atoms with Gasteiger partial charge in [-0.05, 0) is 47.9 Å². The zero-order chi connectivity index (χ0) is 19.5. The zero-order valence-electron chi connectivity index (χ0n) is 15.8. The normalized spacial score (nSPS) is 10.8. The van der Waals surface area contributed by atoms with Gasteiger partial charge in [-0.2, -0.15) is 5.10 Å². The number of anilines is 1. The van der Waals surface area contributed by atoms with E-state index in [-0.39, 0.29) is 12.3 Å². The van der Waals surface area contributed by atoms with Gasteiger partial charge in [-0.15, -0.1) is 0 Å². The van der Waals surface area contributed by atoms with E-state index in [0.29, 0.717) is 5.82 Å². The predicted octanol–water partition coefficient (Wildman–Crippen LogP) is 4.73. The van der Waals surface area contributed by atoms with Crippen molar-refractivity contribution in [1.29, 1.82) is 0 Å². The van der Waals surface area contributed by atoms with Crippen LogP contribution in [0.25, 0.3) is 22.0 Å². The van der Waals surface area contributed by atoms with Crippen molar-refractivity contribution in [3.05, 3.63) is 77.9 Å². The monoisotopic (exact) mass is 371 g/mol. The van der Waals surface area contributed by atoms with Gasteiger partial charge in [0.25, 0.3) is 0 Å². The van der Waals surface area contributed by atoms with Gasteiger partial charge in [0.05, 0.1) is 19.0 Å². The molecule has 140 valence electrons. The second-order valence-electron chi connectivity index (χ2n) is 6.78. The summed E-state index contributed by atoms with van der Waals surface area (Å²) in [6, 6.07) is 21.9. The number of hydrogen-bond acceptors (Lipinski definition) is 3. The summed E-state index contributed by atoms with van der Waals surface area (Å²) in [5.41, 5.74) is 5.25. The number of aryl methyl sites for hydroxylation is 1. The van der Waals surface area contributed by atoms with Crippen molar-refractivity contribution in [3.63, 3.8) is 0 Å². The molecule has 5 heteroatoms. The Morgan fingerprint density at radius 3 is 2.68 bits per heavy atom. The van der Waals surface area contributed by atoms with Gasteiger partial charge in [-0.25, -0.2) is 0 Å². The summed E-state index contributed by atoms with van der Waals surface area (Å²) < 4.78 is 5.21. The van der Waals surface area contributed by atoms with E-state index in [2.05, 4.69) is 46.7 Å². The number of amides is 1. The smallest absolute Gasteiger partial charge is 0.230 e. The fraction of sp³-hybridized carbons (Fsp3) is 0.130. The standard InChI is InChI=1S/C23H21N3O2/c1-15-5-3-7-17(11-15)18-9-10-20-21(14-18)25-26-23(20)24-22(27)13-16-6-4-8-19(12-16)28-2/h3-12,14H,13H2,1-2H3,(H2,24,25,26,27). The van der Waals surface area contributed by atoms with Gasteiger partial charge in [0.1, 0.15) is 5.75 Å². The minimum atomic E-state index is -0.121. The van der Waals surface area contributed by atoms with Crippen LogP contribution in [-0.4, -0.2) is 23.2 Å². The second-order valence-corrected chi connectivity index (χ2v) is 6.78. The van der Waals surface area contributed by atoms with E-state index in [9.17, 15) is 4.79 Å². The molecule has 1 aromatic heterocycles. The van der Waals surface area contributed by atoms with E-state index in [1.165, 1.54) is 5.56 Å². The Balaban J connectivity index is 1.53. The van der Waals surface area contributed by atoms with Gasteiger partial charge in [-0.3, -0.25) is 9.89 Å². The van der Waals surface area contributed by atoms with Gasteiger partial charge in [0.15, 0.2) is 5.82 Å². The molecule has 0 aliphatic heterocycles. The van der Waals surface area contributed by atoms with Gasteiger partial charge in [0.2, 0.25) is 5.91 Å². The molecule has 0 unspecified atom stereocenters. The van der Waals surface area contributed by atoms with E-state index in [1.54, 1.807) is 7.11 Å². The molecular formula is C23H21N3O2. The highest BCUT2D eigenvalue weighted by molar-refractivity contribution is 6.01. The van der Waals surface area contributed by atoms with Crippen LogP contribution in [0.2, 0.25) is 0 Å². The maximum Gasteiger partial charge on any atom is 0.230 e. The van der Waals surface area contributed by atoms with Gasteiger partial charge in [-0.1, -0.05) is 48.0 Å². The number of ether oxygens (including phenoxy) is 1. The Kier molecular flexibility index (Phi) is 4.81. The van der Waals surface area contributed by atoms with Crippen LogP contribution in [0, 0.1) is 6.92 Å². The van der Waals surface area contributed by atoms with Crippen molar-refractivity contribution in [2.24, 2.45) is 0 Å². The molecule has 0 atom stereocenters. The number of benzene rings is 3. The third-order valence-electron chi connectivity index (χ3n) is 4.67. The van der Waals surface area contributed by atoms with Crippen molar-refractivity contribution < 1.29 is 9.53 Å². The Bertz CT molecular complexity index is 1150. The quantitative estimate of drug-likeness (QED) is 0.533. The number of hydrogen-bond donors (Lipinski definition) is 2. The Labute approximate surface area is 163 Å². The fourth-order valence-electron chi connectivity index (χ4n) is 3.26. The summed E-state index contributed by atoms with van der Waals surface area (Å²) in [5.74, 6) is 1.15. The molecule has 0 aliphatic carbocycles. The molecule has 5 nitrogen and oxygen atoms in total. The van der Waals surface area contributed by atoms with Crippen molar-refractivity contribution >= 4 is 22.6 Å². The molecule has 1 amide bonds. The number of aromatic nitrogens is 2. The maximum atomic E-state index is 12.4. The third kappa shape index (κ3) is 3.74. The average Bonchev–Trinajstić information content (AvgIpc) is 3.10. The molecule has 3 aromatic carbocycles. The second kappa shape index (κ2) is 7.56. The van der Waals surface area contributed by atoms with Crippen molar-refractivity contribution in [3.8, 4) is 16.9 Å². The average molecular weight is 371 g/mol. The highest BCUT2D eigenvalue weighted by Crippen LogP contribution is 2.27. The van der Waals surface area contributed by atoms with E-state index < -0.39 is 0 Å². The molecule has 4 aromatic rings. The number of H-pyrrole nitrogens is 1. The predicted molar refractivity (Wildman–Crippen MR) is 112 cm³/mol. The number of methoxy groups -OCH3 is 1. The minimum Gasteiger partial charge on any atom is -0.497 e. The minimum absolute atomic E-state index is 0.121. The topological polar surface area (TPSA) is 67.0 Å². The first kappa shape index (κ1) is 17.8. The molecule has 0 fully saturated rings. The van der Waals surface area contributed by atoms with Crippen molar-refractivity contribution in [2.45, 2.75) is 13.3 Å². The largest absolute Gasteiger partial charge is 0.497 e. The summed E-state index contributed by atoms with van der Waals surface area (Å²) >= 11 is 0. The van der Waals surface area contributed by atoms with Crippen LogP contribution >= 0.6 is 0 Å².